The van der Waals surface area contributed by atoms with E-state index in [4.69, 9.17) is 5.26 Å². The molecule has 1 aliphatic rings. The molecule has 0 radical (unpaired) electrons. The zero-order valence-electron chi connectivity index (χ0n) is 11.2. The molecular formula is C14H15N3O2. The Bertz CT molecular complexity index is 601. The molecule has 1 aromatic rings. The number of carbonyl (C=O) groups is 2. The number of hydrogen-bond acceptors (Lipinski definition) is 3. The summed E-state index contributed by atoms with van der Waals surface area (Å²) < 4.78 is 0. The van der Waals surface area contributed by atoms with Gasteiger partial charge in [-0.05, 0) is 25.0 Å². The third kappa shape index (κ3) is 2.06. The molecule has 0 bridgehead atoms. The van der Waals surface area contributed by atoms with Gasteiger partial charge in [0, 0.05) is 12.5 Å². The van der Waals surface area contributed by atoms with E-state index in [9.17, 15) is 9.59 Å². The largest absolute Gasteiger partial charge is 0.341 e. The summed E-state index contributed by atoms with van der Waals surface area (Å²) in [6.45, 7) is 5.17. The van der Waals surface area contributed by atoms with Crippen molar-refractivity contribution in [2.45, 2.75) is 26.8 Å². The highest BCUT2D eigenvalue weighted by molar-refractivity contribution is 6.07. The van der Waals surface area contributed by atoms with Crippen LogP contribution in [0.4, 0.5) is 5.69 Å². The molecule has 0 aromatic heterocycles. The van der Waals surface area contributed by atoms with Crippen molar-refractivity contribution in [3.63, 3.8) is 0 Å². The molecule has 0 aliphatic carbocycles. The van der Waals surface area contributed by atoms with E-state index in [0.29, 0.717) is 0 Å². The highest BCUT2D eigenvalue weighted by Gasteiger charge is 2.39. The Morgan fingerprint density at radius 3 is 2.63 bits per heavy atom. The predicted octanol–water partition coefficient (Wildman–Crippen LogP) is 1.35. The molecule has 5 heteroatoms. The zero-order chi connectivity index (χ0) is 14.2. The second kappa shape index (κ2) is 4.73. The second-order valence-corrected chi connectivity index (χ2v) is 4.68. The first-order chi connectivity index (χ1) is 8.97. The van der Waals surface area contributed by atoms with E-state index in [1.807, 2.05) is 32.0 Å². The fraction of sp³-hybridized carbons (Fsp3) is 0.357. The van der Waals surface area contributed by atoms with E-state index in [1.165, 1.54) is 11.8 Å². The number of fused-ring (bicyclic) bond motifs is 1. The minimum Gasteiger partial charge on any atom is -0.341 e. The summed E-state index contributed by atoms with van der Waals surface area (Å²) >= 11 is 0. The van der Waals surface area contributed by atoms with Crippen molar-refractivity contribution in [3.8, 4) is 6.07 Å². The number of amides is 2. The van der Waals surface area contributed by atoms with Crippen molar-refractivity contribution >= 4 is 17.5 Å². The lowest BCUT2D eigenvalue weighted by Gasteiger charge is -2.15. The van der Waals surface area contributed by atoms with Gasteiger partial charge < -0.3 is 5.32 Å². The van der Waals surface area contributed by atoms with E-state index in [-0.39, 0.29) is 18.4 Å². The van der Waals surface area contributed by atoms with Gasteiger partial charge in [-0.2, -0.15) is 5.26 Å². The third-order valence-corrected chi connectivity index (χ3v) is 3.28. The van der Waals surface area contributed by atoms with Crippen LogP contribution in [0.1, 0.15) is 29.7 Å². The number of hydrogen-bond donors (Lipinski definition) is 1. The van der Waals surface area contributed by atoms with Crippen LogP contribution in [0.3, 0.4) is 0 Å². The summed E-state index contributed by atoms with van der Waals surface area (Å²) in [5, 5.41) is 11.5. The number of rotatable bonds is 2. The third-order valence-electron chi connectivity index (χ3n) is 3.28. The molecule has 1 aliphatic heterocycles. The number of carbonyl (C=O) groups excluding carboxylic acids is 2. The van der Waals surface area contributed by atoms with E-state index in [0.717, 1.165) is 22.4 Å². The number of nitrogens with zero attached hydrogens (tertiary/aromatic N) is 2. The quantitative estimate of drug-likeness (QED) is 0.813. The van der Waals surface area contributed by atoms with Crippen molar-refractivity contribution < 1.29 is 9.59 Å². The maximum absolute atomic E-state index is 12.4. The highest BCUT2D eigenvalue weighted by Crippen LogP contribution is 2.40. The summed E-state index contributed by atoms with van der Waals surface area (Å²) in [7, 11) is 0. The first-order valence-electron chi connectivity index (χ1n) is 6.03. The highest BCUT2D eigenvalue weighted by atomic mass is 16.2. The zero-order valence-corrected chi connectivity index (χ0v) is 11.2. The Labute approximate surface area is 111 Å². The molecule has 1 heterocycles. The van der Waals surface area contributed by atoms with E-state index in [1.54, 1.807) is 0 Å². The standard InChI is InChI=1S/C14H15N3O2/c1-8-4-5-9(2)13-11(8)12(16-10(3)18)14(19)17(13)7-6-15/h4-5,12H,7H2,1-3H3,(H,16,18)/t12-/m1/s1. The van der Waals surface area contributed by atoms with Gasteiger partial charge in [0.1, 0.15) is 12.6 Å². The summed E-state index contributed by atoms with van der Waals surface area (Å²) in [6, 6.07) is 5.16. The molecule has 1 aromatic carbocycles. The minimum atomic E-state index is -0.680. The fourth-order valence-electron chi connectivity index (χ4n) is 2.49. The molecule has 0 fully saturated rings. The summed E-state index contributed by atoms with van der Waals surface area (Å²) in [6.07, 6.45) is 0. The van der Waals surface area contributed by atoms with Gasteiger partial charge in [-0.3, -0.25) is 14.5 Å². The lowest BCUT2D eigenvalue weighted by molar-refractivity contribution is -0.126. The number of nitriles is 1. The number of benzene rings is 1. The molecule has 19 heavy (non-hydrogen) atoms. The van der Waals surface area contributed by atoms with Crippen molar-refractivity contribution in [2.75, 3.05) is 11.4 Å². The van der Waals surface area contributed by atoms with Gasteiger partial charge in [-0.1, -0.05) is 12.1 Å². The Kier molecular flexibility index (Phi) is 3.26. The molecule has 2 amide bonds. The summed E-state index contributed by atoms with van der Waals surface area (Å²) in [4.78, 5) is 25.1. The van der Waals surface area contributed by atoms with E-state index < -0.39 is 6.04 Å². The first kappa shape index (κ1) is 13.1. The Morgan fingerprint density at radius 2 is 2.05 bits per heavy atom. The molecule has 0 spiro atoms. The monoisotopic (exact) mass is 257 g/mol. The molecule has 2 rings (SSSR count). The van der Waals surface area contributed by atoms with Gasteiger partial charge in [0.15, 0.2) is 0 Å². The van der Waals surface area contributed by atoms with Crippen LogP contribution >= 0.6 is 0 Å². The van der Waals surface area contributed by atoms with Crippen LogP contribution in [0.2, 0.25) is 0 Å². The first-order valence-corrected chi connectivity index (χ1v) is 6.03. The second-order valence-electron chi connectivity index (χ2n) is 4.68. The van der Waals surface area contributed by atoms with Crippen LogP contribution in [0, 0.1) is 25.2 Å². The molecular weight excluding hydrogens is 242 g/mol. The SMILES string of the molecule is CC(=O)N[C@H]1C(=O)N(CC#N)c2c(C)ccc(C)c21. The minimum absolute atomic E-state index is 0.00773. The van der Waals surface area contributed by atoms with Crippen molar-refractivity contribution in [3.05, 3.63) is 28.8 Å². The average molecular weight is 257 g/mol. The molecule has 0 saturated carbocycles. The molecule has 0 unspecified atom stereocenters. The average Bonchev–Trinajstić information content (AvgIpc) is 2.60. The fourth-order valence-corrected chi connectivity index (χ4v) is 2.49. The number of anilines is 1. The van der Waals surface area contributed by atoms with Crippen molar-refractivity contribution in [1.82, 2.24) is 5.32 Å². The molecule has 98 valence electrons. The van der Waals surface area contributed by atoms with Crippen LogP contribution in [-0.4, -0.2) is 18.4 Å². The molecule has 0 saturated heterocycles. The van der Waals surface area contributed by atoms with Crippen LogP contribution in [-0.2, 0) is 9.59 Å². The molecule has 1 atom stereocenters. The predicted molar refractivity (Wildman–Crippen MR) is 70.4 cm³/mol. The van der Waals surface area contributed by atoms with Gasteiger partial charge in [0.05, 0.1) is 11.8 Å². The van der Waals surface area contributed by atoms with Crippen LogP contribution < -0.4 is 10.2 Å². The smallest absolute Gasteiger partial charge is 0.255 e. The van der Waals surface area contributed by atoms with Crippen molar-refractivity contribution in [2.24, 2.45) is 0 Å². The van der Waals surface area contributed by atoms with Gasteiger partial charge in [-0.15, -0.1) is 0 Å². The normalized spacial score (nSPS) is 17.1. The van der Waals surface area contributed by atoms with E-state index >= 15 is 0 Å². The van der Waals surface area contributed by atoms with Gasteiger partial charge >= 0.3 is 0 Å². The van der Waals surface area contributed by atoms with Crippen molar-refractivity contribution in [1.29, 1.82) is 5.26 Å². The Balaban J connectivity index is 2.60. The van der Waals surface area contributed by atoms with Gasteiger partial charge in [-0.25, -0.2) is 0 Å². The van der Waals surface area contributed by atoms with Crippen LogP contribution in [0.15, 0.2) is 12.1 Å². The Morgan fingerprint density at radius 1 is 1.42 bits per heavy atom. The van der Waals surface area contributed by atoms with Gasteiger partial charge in [0.2, 0.25) is 5.91 Å². The summed E-state index contributed by atoms with van der Waals surface area (Å²) in [5.41, 5.74) is 3.42. The lowest BCUT2D eigenvalue weighted by Crippen LogP contribution is -2.36. The maximum Gasteiger partial charge on any atom is 0.255 e. The number of aryl methyl sites for hydroxylation is 2. The van der Waals surface area contributed by atoms with Crippen LogP contribution in [0.5, 0.6) is 0 Å². The molecule has 1 N–H and O–H groups in total. The lowest BCUT2D eigenvalue weighted by atomic mass is 9.99. The topological polar surface area (TPSA) is 73.2 Å². The number of nitrogens with one attached hydrogen (secondary N) is 1. The van der Waals surface area contributed by atoms with E-state index in [2.05, 4.69) is 5.32 Å². The van der Waals surface area contributed by atoms with Crippen LogP contribution in [0.25, 0.3) is 0 Å². The van der Waals surface area contributed by atoms with Gasteiger partial charge in [0.25, 0.3) is 5.91 Å². The molecule has 5 nitrogen and oxygen atoms in total. The Hall–Kier alpha value is -2.35. The summed E-state index contributed by atoms with van der Waals surface area (Å²) in [5.74, 6) is -0.506. The maximum atomic E-state index is 12.4.